The van der Waals surface area contributed by atoms with Crippen molar-refractivity contribution in [3.05, 3.63) is 30.1 Å². The second-order valence-corrected chi connectivity index (χ2v) is 5.88. The van der Waals surface area contributed by atoms with E-state index in [0.29, 0.717) is 0 Å². The summed E-state index contributed by atoms with van der Waals surface area (Å²) in [4.78, 5) is 11.2. The molecule has 1 aliphatic heterocycles. The molecular formula is C15H19N7O. The number of pyridine rings is 1. The summed E-state index contributed by atoms with van der Waals surface area (Å²) in [5.74, 6) is 1.62. The van der Waals surface area contributed by atoms with Crippen LogP contribution < -0.4 is 4.90 Å². The molecule has 0 spiro atoms. The van der Waals surface area contributed by atoms with Crippen molar-refractivity contribution in [2.45, 2.75) is 25.5 Å². The van der Waals surface area contributed by atoms with Gasteiger partial charge in [-0.2, -0.15) is 10.2 Å². The molecule has 3 aromatic rings. The standard InChI is InChI=1S/C15H19N7O/c1-9-18-14(20-19-9)13-6-10(23-3)8-22(13)12-4-5-16-15-11(12)7-17-21(15)2/h4-5,7,10,13H,6,8H2,1-3H3,(H,18,19,20)/t10-,13+/m1/s1. The van der Waals surface area contributed by atoms with E-state index in [9.17, 15) is 0 Å². The van der Waals surface area contributed by atoms with Gasteiger partial charge < -0.3 is 9.64 Å². The topological polar surface area (TPSA) is 84.8 Å². The first-order valence-electron chi connectivity index (χ1n) is 7.62. The number of aromatic amines is 1. The van der Waals surface area contributed by atoms with Crippen molar-refractivity contribution in [2.24, 2.45) is 7.05 Å². The van der Waals surface area contributed by atoms with Crippen LogP contribution in [0.2, 0.25) is 0 Å². The van der Waals surface area contributed by atoms with Crippen molar-refractivity contribution in [2.75, 3.05) is 18.6 Å². The molecule has 1 N–H and O–H groups in total. The van der Waals surface area contributed by atoms with Gasteiger partial charge in [-0.15, -0.1) is 0 Å². The lowest BCUT2D eigenvalue weighted by atomic mass is 10.1. The van der Waals surface area contributed by atoms with Crippen LogP contribution in [-0.2, 0) is 11.8 Å². The molecule has 4 rings (SSSR count). The summed E-state index contributed by atoms with van der Waals surface area (Å²) in [6, 6.07) is 2.10. The average molecular weight is 313 g/mol. The number of hydrogen-bond acceptors (Lipinski definition) is 6. The zero-order valence-corrected chi connectivity index (χ0v) is 13.4. The third kappa shape index (κ3) is 2.26. The Kier molecular flexibility index (Phi) is 3.26. The van der Waals surface area contributed by atoms with E-state index in [-0.39, 0.29) is 12.1 Å². The van der Waals surface area contributed by atoms with Crippen molar-refractivity contribution in [3.8, 4) is 0 Å². The molecule has 2 atom stereocenters. The first kappa shape index (κ1) is 14.1. The summed E-state index contributed by atoms with van der Waals surface area (Å²) in [5.41, 5.74) is 1.96. The normalized spacial score (nSPS) is 21.4. The summed E-state index contributed by atoms with van der Waals surface area (Å²) in [6.07, 6.45) is 4.69. The number of nitrogens with zero attached hydrogens (tertiary/aromatic N) is 6. The maximum absolute atomic E-state index is 5.59. The molecule has 120 valence electrons. The monoisotopic (exact) mass is 313 g/mol. The first-order chi connectivity index (χ1) is 11.2. The van der Waals surface area contributed by atoms with Crippen LogP contribution in [0.5, 0.6) is 0 Å². The van der Waals surface area contributed by atoms with Gasteiger partial charge >= 0.3 is 0 Å². The van der Waals surface area contributed by atoms with E-state index < -0.39 is 0 Å². The van der Waals surface area contributed by atoms with E-state index in [2.05, 4.69) is 30.2 Å². The Morgan fingerprint density at radius 3 is 3.00 bits per heavy atom. The number of ether oxygens (including phenoxy) is 1. The Morgan fingerprint density at radius 1 is 1.39 bits per heavy atom. The summed E-state index contributed by atoms with van der Waals surface area (Å²) >= 11 is 0. The lowest BCUT2D eigenvalue weighted by molar-refractivity contribution is 0.118. The van der Waals surface area contributed by atoms with Gasteiger partial charge in [0.25, 0.3) is 0 Å². The molecule has 1 fully saturated rings. The number of hydrogen-bond donors (Lipinski definition) is 1. The first-order valence-corrected chi connectivity index (χ1v) is 7.62. The van der Waals surface area contributed by atoms with Crippen LogP contribution in [0.1, 0.15) is 24.1 Å². The molecule has 0 radical (unpaired) electrons. The van der Waals surface area contributed by atoms with Crippen molar-refractivity contribution in [3.63, 3.8) is 0 Å². The Bertz CT molecular complexity index is 839. The van der Waals surface area contributed by atoms with Crippen LogP contribution in [0.4, 0.5) is 5.69 Å². The van der Waals surface area contributed by atoms with Crippen molar-refractivity contribution < 1.29 is 4.74 Å². The molecule has 4 heterocycles. The number of fused-ring (bicyclic) bond motifs is 1. The van der Waals surface area contributed by atoms with E-state index in [0.717, 1.165) is 41.3 Å². The van der Waals surface area contributed by atoms with Gasteiger partial charge in [-0.05, 0) is 13.0 Å². The number of methoxy groups -OCH3 is 1. The number of aryl methyl sites for hydroxylation is 2. The Hall–Kier alpha value is -2.48. The number of aromatic nitrogens is 6. The van der Waals surface area contributed by atoms with E-state index in [1.807, 2.05) is 32.4 Å². The smallest absolute Gasteiger partial charge is 0.173 e. The van der Waals surface area contributed by atoms with Crippen LogP contribution in [-0.4, -0.2) is 49.7 Å². The van der Waals surface area contributed by atoms with Crippen LogP contribution in [0.15, 0.2) is 18.5 Å². The molecule has 0 unspecified atom stereocenters. The summed E-state index contributed by atoms with van der Waals surface area (Å²) in [6.45, 7) is 2.71. The van der Waals surface area contributed by atoms with Gasteiger partial charge in [0, 0.05) is 33.3 Å². The largest absolute Gasteiger partial charge is 0.380 e. The zero-order valence-electron chi connectivity index (χ0n) is 13.4. The van der Waals surface area contributed by atoms with Crippen molar-refractivity contribution in [1.82, 2.24) is 29.9 Å². The number of H-pyrrole nitrogens is 1. The molecule has 1 aliphatic rings. The van der Waals surface area contributed by atoms with Gasteiger partial charge in [0.05, 0.1) is 29.4 Å². The van der Waals surface area contributed by atoms with E-state index in [1.54, 1.807) is 11.8 Å². The van der Waals surface area contributed by atoms with Crippen molar-refractivity contribution >= 4 is 16.7 Å². The molecule has 3 aromatic heterocycles. The maximum atomic E-state index is 5.59. The second-order valence-electron chi connectivity index (χ2n) is 5.88. The highest BCUT2D eigenvalue weighted by Gasteiger charge is 2.36. The lowest BCUT2D eigenvalue weighted by Gasteiger charge is -2.25. The van der Waals surface area contributed by atoms with Crippen LogP contribution in [0, 0.1) is 6.92 Å². The zero-order chi connectivity index (χ0) is 16.0. The summed E-state index contributed by atoms with van der Waals surface area (Å²) < 4.78 is 7.38. The Labute approximate surface area is 133 Å². The quantitative estimate of drug-likeness (QED) is 0.786. The highest BCUT2D eigenvalue weighted by atomic mass is 16.5. The van der Waals surface area contributed by atoms with Crippen molar-refractivity contribution in [1.29, 1.82) is 0 Å². The van der Waals surface area contributed by atoms with E-state index >= 15 is 0 Å². The van der Waals surface area contributed by atoms with Gasteiger partial charge in [0.1, 0.15) is 5.82 Å². The average Bonchev–Trinajstić information content (AvgIpc) is 3.26. The second kappa shape index (κ2) is 5.31. The molecule has 0 aromatic carbocycles. The van der Waals surface area contributed by atoms with Gasteiger partial charge in [-0.1, -0.05) is 0 Å². The molecule has 1 saturated heterocycles. The van der Waals surface area contributed by atoms with Gasteiger partial charge in [-0.25, -0.2) is 9.97 Å². The fourth-order valence-corrected chi connectivity index (χ4v) is 3.27. The molecule has 8 heteroatoms. The summed E-state index contributed by atoms with van der Waals surface area (Å²) in [7, 11) is 3.65. The molecule has 0 aliphatic carbocycles. The van der Waals surface area contributed by atoms with Crippen LogP contribution >= 0.6 is 0 Å². The SMILES string of the molecule is CO[C@@H]1C[C@@H](c2n[nH]c(C)n2)N(c2ccnc3c2cnn3C)C1. The maximum Gasteiger partial charge on any atom is 0.173 e. The van der Waals surface area contributed by atoms with E-state index in [1.165, 1.54) is 0 Å². The molecule has 0 amide bonds. The Balaban J connectivity index is 1.80. The third-order valence-corrected chi connectivity index (χ3v) is 4.43. The molecule has 8 nitrogen and oxygen atoms in total. The predicted octanol–water partition coefficient (Wildman–Crippen LogP) is 1.36. The number of rotatable bonds is 3. The Morgan fingerprint density at radius 2 is 2.26 bits per heavy atom. The van der Waals surface area contributed by atoms with Crippen LogP contribution in [0.25, 0.3) is 11.0 Å². The number of nitrogens with one attached hydrogen (secondary N) is 1. The molecule has 0 bridgehead atoms. The van der Waals surface area contributed by atoms with Crippen LogP contribution in [0.3, 0.4) is 0 Å². The van der Waals surface area contributed by atoms with Gasteiger partial charge in [0.2, 0.25) is 0 Å². The number of anilines is 1. The lowest BCUT2D eigenvalue weighted by Crippen LogP contribution is -2.25. The van der Waals surface area contributed by atoms with E-state index in [4.69, 9.17) is 4.74 Å². The highest BCUT2D eigenvalue weighted by Crippen LogP contribution is 2.38. The fraction of sp³-hybridized carbons (Fsp3) is 0.467. The fourth-order valence-electron chi connectivity index (χ4n) is 3.27. The molecule has 0 saturated carbocycles. The molecular weight excluding hydrogens is 294 g/mol. The highest BCUT2D eigenvalue weighted by molar-refractivity contribution is 5.89. The minimum absolute atomic E-state index is 0.0794. The van der Waals surface area contributed by atoms with Gasteiger partial charge in [-0.3, -0.25) is 9.78 Å². The minimum Gasteiger partial charge on any atom is -0.380 e. The third-order valence-electron chi connectivity index (χ3n) is 4.43. The minimum atomic E-state index is 0.0794. The van der Waals surface area contributed by atoms with Gasteiger partial charge in [0.15, 0.2) is 11.5 Å². The predicted molar refractivity (Wildman–Crippen MR) is 85.1 cm³/mol. The summed E-state index contributed by atoms with van der Waals surface area (Å²) in [5, 5.41) is 12.7. The molecule has 23 heavy (non-hydrogen) atoms.